The Bertz CT molecular complexity index is 333. The molecule has 2 rings (SSSR count). The van der Waals surface area contributed by atoms with Crippen LogP contribution in [-0.2, 0) is 5.60 Å². The minimum atomic E-state index is -0.768. The Hall–Kier alpha value is -0.200. The van der Waals surface area contributed by atoms with Gasteiger partial charge in [0.2, 0.25) is 0 Å². The summed E-state index contributed by atoms with van der Waals surface area (Å²) in [6.07, 6.45) is 1.42. The van der Waals surface area contributed by atoms with Crippen LogP contribution in [-0.4, -0.2) is 21.3 Å². The molecule has 2 nitrogen and oxygen atoms in total. The maximum atomic E-state index is 12.7. The number of benzene rings is 1. The molecule has 0 atom stereocenters. The van der Waals surface area contributed by atoms with Crippen LogP contribution in [0.3, 0.4) is 0 Å². The van der Waals surface area contributed by atoms with Crippen LogP contribution < -0.4 is 0 Å². The molecule has 0 amide bonds. The van der Waals surface area contributed by atoms with E-state index in [0.29, 0.717) is 12.8 Å². The lowest BCUT2D eigenvalue weighted by atomic mass is 9.85. The number of aliphatic hydroxyl groups is 1. The molecule has 4 heteroatoms. The van der Waals surface area contributed by atoms with E-state index in [9.17, 15) is 9.50 Å². The summed E-state index contributed by atoms with van der Waals surface area (Å²) in [7, 11) is 0. The Morgan fingerprint density at radius 1 is 1.20 bits per heavy atom. The van der Waals surface area contributed by atoms with E-state index in [1.54, 1.807) is 12.1 Å². The van der Waals surface area contributed by atoms with Gasteiger partial charge in [0.15, 0.2) is 0 Å². The number of hydrogen-bond acceptors (Lipinski definition) is 2. The van der Waals surface area contributed by atoms with Crippen LogP contribution >= 0.6 is 22.9 Å². The van der Waals surface area contributed by atoms with Gasteiger partial charge in [-0.05, 0) is 30.5 Å². The van der Waals surface area contributed by atoms with Crippen molar-refractivity contribution in [3.8, 4) is 0 Å². The molecule has 15 heavy (non-hydrogen) atoms. The van der Waals surface area contributed by atoms with Gasteiger partial charge in [0.1, 0.15) is 5.82 Å². The van der Waals surface area contributed by atoms with Crippen molar-refractivity contribution in [1.82, 2.24) is 3.11 Å². The van der Waals surface area contributed by atoms with E-state index >= 15 is 0 Å². The fourth-order valence-electron chi connectivity index (χ4n) is 1.90. The molecular weight excluding hydrogens is 308 g/mol. The molecule has 0 bridgehead atoms. The molecule has 0 spiro atoms. The first kappa shape index (κ1) is 11.3. The molecule has 1 fully saturated rings. The first-order valence-electron chi connectivity index (χ1n) is 4.99. The Kier molecular flexibility index (Phi) is 3.27. The SMILES string of the molecule is OC1(c2ccc(F)cc2)CCN(I)CC1. The number of rotatable bonds is 1. The summed E-state index contributed by atoms with van der Waals surface area (Å²) in [4.78, 5) is 0. The number of halogens is 2. The second-order valence-corrected chi connectivity index (χ2v) is 5.31. The van der Waals surface area contributed by atoms with Crippen molar-refractivity contribution in [3.05, 3.63) is 35.6 Å². The largest absolute Gasteiger partial charge is 0.385 e. The van der Waals surface area contributed by atoms with Crippen molar-refractivity contribution in [3.63, 3.8) is 0 Å². The smallest absolute Gasteiger partial charge is 0.123 e. The highest BCUT2D eigenvalue weighted by atomic mass is 127. The van der Waals surface area contributed by atoms with Crippen LogP contribution in [0.25, 0.3) is 0 Å². The van der Waals surface area contributed by atoms with Gasteiger partial charge in [-0.15, -0.1) is 0 Å². The molecule has 1 aromatic carbocycles. The lowest BCUT2D eigenvalue weighted by Gasteiger charge is -2.35. The summed E-state index contributed by atoms with van der Waals surface area (Å²) in [5, 5.41) is 10.4. The predicted molar refractivity (Wildman–Crippen MR) is 65.1 cm³/mol. The van der Waals surface area contributed by atoms with Crippen molar-refractivity contribution in [1.29, 1.82) is 0 Å². The summed E-state index contributed by atoms with van der Waals surface area (Å²) < 4.78 is 14.9. The third kappa shape index (κ3) is 2.49. The third-order valence-electron chi connectivity index (χ3n) is 2.92. The van der Waals surface area contributed by atoms with E-state index in [1.807, 2.05) is 0 Å². The molecule has 0 aromatic heterocycles. The van der Waals surface area contributed by atoms with Crippen LogP contribution in [0.15, 0.2) is 24.3 Å². The Balaban J connectivity index is 2.18. The molecule has 82 valence electrons. The molecule has 0 radical (unpaired) electrons. The maximum Gasteiger partial charge on any atom is 0.123 e. The van der Waals surface area contributed by atoms with Gasteiger partial charge in [0, 0.05) is 36.0 Å². The number of nitrogens with zero attached hydrogens (tertiary/aromatic N) is 1. The van der Waals surface area contributed by atoms with Gasteiger partial charge in [0.05, 0.1) is 5.60 Å². The minimum absolute atomic E-state index is 0.256. The van der Waals surface area contributed by atoms with Crippen molar-refractivity contribution in [2.45, 2.75) is 18.4 Å². The molecule has 1 N–H and O–H groups in total. The Morgan fingerprint density at radius 2 is 1.73 bits per heavy atom. The first-order valence-corrected chi connectivity index (χ1v) is 5.96. The summed E-state index contributed by atoms with van der Waals surface area (Å²) in [6.45, 7) is 1.74. The summed E-state index contributed by atoms with van der Waals surface area (Å²) >= 11 is 2.26. The van der Waals surface area contributed by atoms with Gasteiger partial charge >= 0.3 is 0 Å². The van der Waals surface area contributed by atoms with Crippen LogP contribution in [0.2, 0.25) is 0 Å². The van der Waals surface area contributed by atoms with Crippen molar-refractivity contribution < 1.29 is 9.50 Å². The van der Waals surface area contributed by atoms with Crippen LogP contribution in [0.5, 0.6) is 0 Å². The zero-order valence-electron chi connectivity index (χ0n) is 8.29. The molecular formula is C11H13FINO. The van der Waals surface area contributed by atoms with Crippen LogP contribution in [0.4, 0.5) is 4.39 Å². The van der Waals surface area contributed by atoms with Crippen molar-refractivity contribution in [2.75, 3.05) is 13.1 Å². The lowest BCUT2D eigenvalue weighted by Crippen LogP contribution is -2.38. The van der Waals surface area contributed by atoms with Gasteiger partial charge in [0.25, 0.3) is 0 Å². The molecule has 0 aliphatic carbocycles. The van der Waals surface area contributed by atoms with Gasteiger partial charge in [-0.1, -0.05) is 12.1 Å². The summed E-state index contributed by atoms with van der Waals surface area (Å²) in [6, 6.07) is 6.17. The van der Waals surface area contributed by atoms with Crippen molar-refractivity contribution >= 4 is 22.9 Å². The molecule has 0 unspecified atom stereocenters. The average molecular weight is 321 g/mol. The average Bonchev–Trinajstić information content (AvgIpc) is 2.24. The van der Waals surface area contributed by atoms with Crippen molar-refractivity contribution in [2.24, 2.45) is 0 Å². The fourth-order valence-corrected chi connectivity index (χ4v) is 2.38. The van der Waals surface area contributed by atoms with E-state index in [0.717, 1.165) is 18.7 Å². The predicted octanol–water partition coefficient (Wildman–Crippen LogP) is 2.46. The van der Waals surface area contributed by atoms with E-state index in [-0.39, 0.29) is 5.82 Å². The van der Waals surface area contributed by atoms with Crippen LogP contribution in [0.1, 0.15) is 18.4 Å². The van der Waals surface area contributed by atoms with E-state index in [4.69, 9.17) is 0 Å². The van der Waals surface area contributed by atoms with Gasteiger partial charge < -0.3 is 5.11 Å². The molecule has 0 saturated carbocycles. The molecule has 1 aliphatic heterocycles. The highest BCUT2D eigenvalue weighted by Crippen LogP contribution is 2.33. The van der Waals surface area contributed by atoms with E-state index in [1.165, 1.54) is 12.1 Å². The molecule has 1 heterocycles. The monoisotopic (exact) mass is 321 g/mol. The number of piperidine rings is 1. The zero-order valence-corrected chi connectivity index (χ0v) is 10.4. The standard InChI is InChI=1S/C11H13FINO/c12-10-3-1-9(2-4-10)11(15)5-7-14(13)8-6-11/h1-4,15H,5-8H2. The minimum Gasteiger partial charge on any atom is -0.385 e. The number of hydrogen-bond donors (Lipinski definition) is 1. The molecule has 1 saturated heterocycles. The molecule has 1 aliphatic rings. The highest BCUT2D eigenvalue weighted by molar-refractivity contribution is 14.1. The Morgan fingerprint density at radius 3 is 2.27 bits per heavy atom. The normalized spacial score (nSPS) is 21.5. The van der Waals surface area contributed by atoms with Gasteiger partial charge in [-0.3, -0.25) is 0 Å². The highest BCUT2D eigenvalue weighted by Gasteiger charge is 2.33. The lowest BCUT2D eigenvalue weighted by molar-refractivity contribution is -0.00529. The van der Waals surface area contributed by atoms with Crippen LogP contribution in [0, 0.1) is 5.82 Å². The van der Waals surface area contributed by atoms with E-state index < -0.39 is 5.60 Å². The quantitative estimate of drug-likeness (QED) is 0.634. The summed E-state index contributed by atoms with van der Waals surface area (Å²) in [5.41, 5.74) is 0.0587. The van der Waals surface area contributed by atoms with E-state index in [2.05, 4.69) is 26.0 Å². The first-order chi connectivity index (χ1) is 7.10. The topological polar surface area (TPSA) is 23.5 Å². The summed E-state index contributed by atoms with van der Waals surface area (Å²) in [5.74, 6) is -0.256. The van der Waals surface area contributed by atoms with Gasteiger partial charge in [-0.25, -0.2) is 7.50 Å². The maximum absolute atomic E-state index is 12.7. The fraction of sp³-hybridized carbons (Fsp3) is 0.455. The van der Waals surface area contributed by atoms with Gasteiger partial charge in [-0.2, -0.15) is 0 Å². The third-order valence-corrected chi connectivity index (χ3v) is 3.88. The molecule has 1 aromatic rings. The second kappa shape index (κ2) is 4.35. The second-order valence-electron chi connectivity index (χ2n) is 3.95. The zero-order chi connectivity index (χ0) is 10.9. The Labute approximate surface area is 103 Å².